The molecule has 0 atom stereocenters. The van der Waals surface area contributed by atoms with E-state index >= 15 is 0 Å². The van der Waals surface area contributed by atoms with Crippen molar-refractivity contribution in [2.75, 3.05) is 16.4 Å². The van der Waals surface area contributed by atoms with Gasteiger partial charge in [-0.05, 0) is 42.8 Å². The van der Waals surface area contributed by atoms with Crippen molar-refractivity contribution in [1.82, 2.24) is 0 Å². The Hall–Kier alpha value is -2.68. The molecular weight excluding hydrogens is 347 g/mol. The van der Waals surface area contributed by atoms with Gasteiger partial charge in [-0.1, -0.05) is 29.3 Å². The van der Waals surface area contributed by atoms with Gasteiger partial charge >= 0.3 is 0 Å². The van der Waals surface area contributed by atoms with E-state index in [0.717, 1.165) is 5.56 Å². The lowest BCUT2D eigenvalue weighted by molar-refractivity contribution is -0.112. The van der Waals surface area contributed by atoms with Crippen LogP contribution in [0.25, 0.3) is 0 Å². The van der Waals surface area contributed by atoms with Gasteiger partial charge in [-0.3, -0.25) is 4.79 Å². The smallest absolute Gasteiger partial charge is 0.267 e. The Labute approximate surface area is 149 Å². The van der Waals surface area contributed by atoms with Crippen molar-refractivity contribution in [1.29, 1.82) is 5.26 Å². The van der Waals surface area contributed by atoms with Crippen LogP contribution in [0.2, 0.25) is 10.0 Å². The first kappa shape index (κ1) is 17.7. The molecule has 2 aromatic rings. The minimum absolute atomic E-state index is 0.109. The molecule has 7 heteroatoms. The van der Waals surface area contributed by atoms with Gasteiger partial charge < -0.3 is 16.4 Å². The van der Waals surface area contributed by atoms with Gasteiger partial charge in [-0.25, -0.2) is 0 Å². The molecule has 4 N–H and O–H groups in total. The largest absolute Gasteiger partial charge is 0.399 e. The standard InChI is InChI=1S/C17H14Cl2N4O/c1-10-13(18)3-2-4-15(10)23-17(24)11(8-20)9-22-16-6-5-12(21)7-14(16)19/h2-7,9,22H,21H2,1H3,(H,23,24)/b11-9-. The van der Waals surface area contributed by atoms with Crippen LogP contribution >= 0.6 is 23.2 Å². The number of nitrogen functional groups attached to an aromatic ring is 1. The third-order valence-electron chi connectivity index (χ3n) is 3.25. The van der Waals surface area contributed by atoms with Crippen molar-refractivity contribution in [2.24, 2.45) is 0 Å². The number of nitrogens with zero attached hydrogens (tertiary/aromatic N) is 1. The van der Waals surface area contributed by atoms with Crippen LogP contribution in [0, 0.1) is 18.3 Å². The molecule has 0 aliphatic carbocycles. The predicted molar refractivity (Wildman–Crippen MR) is 98.0 cm³/mol. The summed E-state index contributed by atoms with van der Waals surface area (Å²) in [6.07, 6.45) is 1.28. The van der Waals surface area contributed by atoms with E-state index in [2.05, 4.69) is 10.6 Å². The van der Waals surface area contributed by atoms with Gasteiger partial charge in [0.2, 0.25) is 0 Å². The second-order valence-corrected chi connectivity index (χ2v) is 5.73. The van der Waals surface area contributed by atoms with Crippen LogP contribution in [0.1, 0.15) is 5.56 Å². The highest BCUT2D eigenvalue weighted by atomic mass is 35.5. The Kier molecular flexibility index (Phi) is 5.69. The maximum atomic E-state index is 12.2. The van der Waals surface area contributed by atoms with Crippen LogP contribution in [-0.4, -0.2) is 5.91 Å². The van der Waals surface area contributed by atoms with Crippen LogP contribution in [0.4, 0.5) is 17.1 Å². The number of benzene rings is 2. The van der Waals surface area contributed by atoms with Crippen molar-refractivity contribution in [3.8, 4) is 6.07 Å². The van der Waals surface area contributed by atoms with Crippen LogP contribution in [-0.2, 0) is 4.79 Å². The van der Waals surface area contributed by atoms with Gasteiger partial charge in [0, 0.05) is 22.6 Å². The van der Waals surface area contributed by atoms with Gasteiger partial charge in [-0.2, -0.15) is 5.26 Å². The average molecular weight is 361 g/mol. The van der Waals surface area contributed by atoms with E-state index in [1.165, 1.54) is 6.20 Å². The van der Waals surface area contributed by atoms with E-state index in [-0.39, 0.29) is 5.57 Å². The summed E-state index contributed by atoms with van der Waals surface area (Å²) in [5.74, 6) is -0.554. The molecule has 2 aromatic carbocycles. The van der Waals surface area contributed by atoms with Crippen molar-refractivity contribution >= 4 is 46.2 Å². The average Bonchev–Trinajstić information content (AvgIpc) is 2.54. The van der Waals surface area contributed by atoms with Crippen LogP contribution in [0.5, 0.6) is 0 Å². The van der Waals surface area contributed by atoms with Crippen LogP contribution in [0.15, 0.2) is 48.2 Å². The van der Waals surface area contributed by atoms with E-state index in [0.29, 0.717) is 27.1 Å². The fraction of sp³-hybridized carbons (Fsp3) is 0.0588. The van der Waals surface area contributed by atoms with Crippen molar-refractivity contribution < 1.29 is 4.79 Å². The van der Waals surface area contributed by atoms with E-state index in [1.54, 1.807) is 43.3 Å². The third kappa shape index (κ3) is 4.19. The third-order valence-corrected chi connectivity index (χ3v) is 3.97. The van der Waals surface area contributed by atoms with E-state index < -0.39 is 5.91 Å². The summed E-state index contributed by atoms with van der Waals surface area (Å²) in [6.45, 7) is 1.78. The SMILES string of the molecule is Cc1c(Cl)cccc1NC(=O)/C(C#N)=C\Nc1ccc(N)cc1Cl. The summed E-state index contributed by atoms with van der Waals surface area (Å²) in [6, 6.07) is 11.9. The summed E-state index contributed by atoms with van der Waals surface area (Å²) in [4.78, 5) is 12.2. The number of rotatable bonds is 4. The van der Waals surface area contributed by atoms with E-state index in [1.807, 2.05) is 6.07 Å². The van der Waals surface area contributed by atoms with E-state index in [4.69, 9.17) is 28.9 Å². The number of hydrogen-bond acceptors (Lipinski definition) is 4. The molecule has 0 unspecified atom stereocenters. The summed E-state index contributed by atoms with van der Waals surface area (Å²) in [5, 5.41) is 15.6. The van der Waals surface area contributed by atoms with Gasteiger partial charge in [-0.15, -0.1) is 0 Å². The van der Waals surface area contributed by atoms with Gasteiger partial charge in [0.05, 0.1) is 10.7 Å². The highest BCUT2D eigenvalue weighted by molar-refractivity contribution is 6.33. The number of carbonyl (C=O) groups is 1. The zero-order valence-corrected chi connectivity index (χ0v) is 14.2. The zero-order chi connectivity index (χ0) is 17.7. The maximum absolute atomic E-state index is 12.2. The molecule has 0 aliphatic rings. The van der Waals surface area contributed by atoms with Crippen LogP contribution in [0.3, 0.4) is 0 Å². The minimum atomic E-state index is -0.554. The Balaban J connectivity index is 2.17. The monoisotopic (exact) mass is 360 g/mol. The molecule has 0 heterocycles. The molecule has 0 radical (unpaired) electrons. The van der Waals surface area contributed by atoms with Gasteiger partial charge in [0.15, 0.2) is 0 Å². The Morgan fingerprint density at radius 1 is 1.21 bits per heavy atom. The highest BCUT2D eigenvalue weighted by Crippen LogP contribution is 2.25. The van der Waals surface area contributed by atoms with Crippen molar-refractivity contribution in [2.45, 2.75) is 6.92 Å². The lowest BCUT2D eigenvalue weighted by Crippen LogP contribution is -2.15. The summed E-state index contributed by atoms with van der Waals surface area (Å²) in [7, 11) is 0. The number of carbonyl (C=O) groups excluding carboxylic acids is 1. The number of amides is 1. The lowest BCUT2D eigenvalue weighted by atomic mass is 10.2. The summed E-state index contributed by atoms with van der Waals surface area (Å²) >= 11 is 12.0. The minimum Gasteiger partial charge on any atom is -0.399 e. The maximum Gasteiger partial charge on any atom is 0.267 e. The number of nitriles is 1. The predicted octanol–water partition coefficient (Wildman–Crippen LogP) is 4.34. The van der Waals surface area contributed by atoms with Gasteiger partial charge in [0.1, 0.15) is 11.6 Å². The topological polar surface area (TPSA) is 90.9 Å². The number of nitrogens with two attached hydrogens (primary N) is 1. The second kappa shape index (κ2) is 7.73. The molecule has 0 aliphatic heterocycles. The molecule has 24 heavy (non-hydrogen) atoms. The Morgan fingerprint density at radius 3 is 2.62 bits per heavy atom. The first-order chi connectivity index (χ1) is 11.4. The first-order valence-electron chi connectivity index (χ1n) is 6.90. The van der Waals surface area contributed by atoms with Gasteiger partial charge in [0.25, 0.3) is 5.91 Å². The highest BCUT2D eigenvalue weighted by Gasteiger charge is 2.12. The molecular formula is C17H14Cl2N4O. The first-order valence-corrected chi connectivity index (χ1v) is 7.66. The molecule has 1 amide bonds. The molecule has 122 valence electrons. The molecule has 0 bridgehead atoms. The lowest BCUT2D eigenvalue weighted by Gasteiger charge is -2.09. The summed E-state index contributed by atoms with van der Waals surface area (Å²) in [5.41, 5.74) is 7.82. The van der Waals surface area contributed by atoms with Crippen LogP contribution < -0.4 is 16.4 Å². The number of anilines is 3. The van der Waals surface area contributed by atoms with E-state index in [9.17, 15) is 10.1 Å². The quantitative estimate of drug-likeness (QED) is 0.429. The molecule has 0 fully saturated rings. The number of halogens is 2. The van der Waals surface area contributed by atoms with Crippen molar-refractivity contribution in [3.05, 3.63) is 63.8 Å². The molecule has 5 nitrogen and oxygen atoms in total. The van der Waals surface area contributed by atoms with Crippen molar-refractivity contribution in [3.63, 3.8) is 0 Å². The summed E-state index contributed by atoms with van der Waals surface area (Å²) < 4.78 is 0. The fourth-order valence-corrected chi connectivity index (χ4v) is 2.30. The molecule has 2 rings (SSSR count). The molecule has 0 saturated carbocycles. The molecule has 0 saturated heterocycles. The molecule has 0 aromatic heterocycles. The Bertz CT molecular complexity index is 856. The molecule has 0 spiro atoms. The Morgan fingerprint density at radius 2 is 1.96 bits per heavy atom. The normalized spacial score (nSPS) is 10.8. The zero-order valence-electron chi connectivity index (χ0n) is 12.7. The number of hydrogen-bond donors (Lipinski definition) is 3. The number of nitrogens with one attached hydrogen (secondary N) is 2. The fourth-order valence-electron chi connectivity index (χ4n) is 1.88. The second-order valence-electron chi connectivity index (χ2n) is 4.92.